The van der Waals surface area contributed by atoms with Crippen LogP contribution in [0.25, 0.3) is 11.1 Å². The molecule has 0 spiro atoms. The molecule has 0 amide bonds. The molecule has 10 heteroatoms. The van der Waals surface area contributed by atoms with Gasteiger partial charge in [-0.15, -0.1) is 11.3 Å². The van der Waals surface area contributed by atoms with Gasteiger partial charge in [0.1, 0.15) is 22.3 Å². The third-order valence-corrected chi connectivity index (χ3v) is 6.13. The Morgan fingerprint density at radius 3 is 2.66 bits per heavy atom. The summed E-state index contributed by atoms with van der Waals surface area (Å²) in [5.74, 6) is 0.334. The Labute approximate surface area is 170 Å². The van der Waals surface area contributed by atoms with Crippen LogP contribution >= 0.6 is 11.3 Å². The summed E-state index contributed by atoms with van der Waals surface area (Å²) in [5.41, 5.74) is 1.22. The molecule has 0 atom stereocenters. The van der Waals surface area contributed by atoms with Gasteiger partial charge in [0.15, 0.2) is 10.9 Å². The fourth-order valence-electron chi connectivity index (χ4n) is 2.68. The zero-order valence-electron chi connectivity index (χ0n) is 14.7. The van der Waals surface area contributed by atoms with Crippen LogP contribution in [0.2, 0.25) is 0 Å². The van der Waals surface area contributed by atoms with Gasteiger partial charge in [0.05, 0.1) is 6.20 Å². The van der Waals surface area contributed by atoms with Crippen LogP contribution in [0.15, 0.2) is 71.3 Å². The Balaban J connectivity index is 1.89. The van der Waals surface area contributed by atoms with Gasteiger partial charge in [-0.05, 0) is 18.2 Å². The largest absolute Gasteiger partial charge is 0.455 e. The van der Waals surface area contributed by atoms with E-state index in [1.807, 2.05) is 6.07 Å². The zero-order chi connectivity index (χ0) is 20.3. The average molecular weight is 423 g/mol. The Morgan fingerprint density at radius 2 is 2.00 bits per heavy atom. The van der Waals surface area contributed by atoms with E-state index in [1.165, 1.54) is 12.3 Å². The molecule has 29 heavy (non-hydrogen) atoms. The van der Waals surface area contributed by atoms with Crippen molar-refractivity contribution in [3.05, 3.63) is 72.0 Å². The molecule has 4 aromatic rings. The highest BCUT2D eigenvalue weighted by Crippen LogP contribution is 2.38. The lowest BCUT2D eigenvalue weighted by Crippen LogP contribution is -2.14. The minimum atomic E-state index is -4.05. The van der Waals surface area contributed by atoms with Crippen molar-refractivity contribution in [3.63, 3.8) is 0 Å². The number of aromatic nitrogens is 3. The number of anilines is 1. The Bertz CT molecular complexity index is 1260. The highest BCUT2D eigenvalue weighted by molar-refractivity contribution is 7.93. The molecule has 2 heterocycles. The molecule has 0 saturated carbocycles. The first kappa shape index (κ1) is 18.7. The number of hydrogen-bond donors (Lipinski definition) is 2. The number of para-hydroxylation sites is 1. The van der Waals surface area contributed by atoms with E-state index in [2.05, 4.69) is 26.0 Å². The summed E-state index contributed by atoms with van der Waals surface area (Å²) in [4.78, 5) is 3.79. The summed E-state index contributed by atoms with van der Waals surface area (Å²) in [6, 6.07) is 13.7. The summed E-state index contributed by atoms with van der Waals surface area (Å²) in [6.45, 7) is 0. The van der Waals surface area contributed by atoms with Gasteiger partial charge in [0, 0.05) is 28.9 Å². The van der Waals surface area contributed by atoms with Crippen LogP contribution in [-0.4, -0.2) is 23.6 Å². The van der Waals surface area contributed by atoms with Gasteiger partial charge in [-0.2, -0.15) is 10.4 Å². The highest BCUT2D eigenvalue weighted by atomic mass is 32.2. The van der Waals surface area contributed by atoms with Gasteiger partial charge in [0.25, 0.3) is 10.0 Å². The van der Waals surface area contributed by atoms with Gasteiger partial charge < -0.3 is 4.74 Å². The van der Waals surface area contributed by atoms with Crippen LogP contribution in [0.3, 0.4) is 0 Å². The second-order valence-corrected chi connectivity index (χ2v) is 8.32. The second-order valence-electron chi connectivity index (χ2n) is 5.77. The number of nitriles is 1. The van der Waals surface area contributed by atoms with Crippen LogP contribution in [-0.2, 0) is 10.0 Å². The predicted octanol–water partition coefficient (Wildman–Crippen LogP) is 4.00. The van der Waals surface area contributed by atoms with Gasteiger partial charge in [0.2, 0.25) is 0 Å². The number of aromatic amines is 1. The molecule has 0 saturated heterocycles. The molecule has 2 aromatic heterocycles. The van der Waals surface area contributed by atoms with Crippen molar-refractivity contribution in [1.82, 2.24) is 15.2 Å². The second kappa shape index (κ2) is 7.75. The van der Waals surface area contributed by atoms with Crippen LogP contribution in [0, 0.1) is 11.3 Å². The van der Waals surface area contributed by atoms with Crippen LogP contribution in [0.1, 0.15) is 5.56 Å². The van der Waals surface area contributed by atoms with Crippen molar-refractivity contribution >= 4 is 26.5 Å². The molecular formula is C19H13N5O3S2. The van der Waals surface area contributed by atoms with Crippen molar-refractivity contribution in [2.45, 2.75) is 4.90 Å². The molecule has 2 aromatic carbocycles. The molecule has 0 unspecified atom stereocenters. The number of benzene rings is 2. The van der Waals surface area contributed by atoms with Gasteiger partial charge in [-0.1, -0.05) is 24.3 Å². The number of nitrogens with zero attached hydrogens (tertiary/aromatic N) is 3. The van der Waals surface area contributed by atoms with E-state index >= 15 is 0 Å². The van der Waals surface area contributed by atoms with Crippen LogP contribution < -0.4 is 9.46 Å². The quantitative estimate of drug-likeness (QED) is 0.484. The number of H-pyrrole nitrogens is 1. The van der Waals surface area contributed by atoms with Crippen molar-refractivity contribution in [3.8, 4) is 28.7 Å². The van der Waals surface area contributed by atoms with E-state index in [4.69, 9.17) is 4.74 Å². The average Bonchev–Trinajstić information content (AvgIpc) is 3.42. The number of ether oxygens (including phenoxy) is 1. The first-order chi connectivity index (χ1) is 14.1. The van der Waals surface area contributed by atoms with E-state index in [0.717, 1.165) is 11.3 Å². The molecule has 4 rings (SSSR count). The van der Waals surface area contributed by atoms with E-state index in [0.29, 0.717) is 16.9 Å². The van der Waals surface area contributed by atoms with Crippen LogP contribution in [0.4, 0.5) is 5.13 Å². The van der Waals surface area contributed by atoms with Gasteiger partial charge >= 0.3 is 0 Å². The number of hydrogen-bond acceptors (Lipinski definition) is 7. The fraction of sp³-hybridized carbons (Fsp3) is 0. The zero-order valence-corrected chi connectivity index (χ0v) is 16.4. The number of nitrogens with one attached hydrogen (secondary N) is 2. The molecule has 8 nitrogen and oxygen atoms in total. The lowest BCUT2D eigenvalue weighted by atomic mass is 10.0. The van der Waals surface area contributed by atoms with Crippen molar-refractivity contribution < 1.29 is 13.2 Å². The molecule has 0 aliphatic carbocycles. The Morgan fingerprint density at radius 1 is 1.17 bits per heavy atom. The summed E-state index contributed by atoms with van der Waals surface area (Å²) < 4.78 is 34.4. The molecular weight excluding hydrogens is 410 g/mol. The first-order valence-electron chi connectivity index (χ1n) is 8.30. The topological polar surface area (TPSA) is 121 Å². The maximum absolute atomic E-state index is 13.0. The lowest BCUT2D eigenvalue weighted by Gasteiger charge is -2.15. The fourth-order valence-corrected chi connectivity index (χ4v) is 4.60. The Hall–Kier alpha value is -3.68. The SMILES string of the molecule is N#Cc1c(-c2cn[nH]c2)ccc(S(=O)(=O)Nc2nccs2)c1Oc1ccccc1. The standard InChI is InChI=1S/C19H13N5O3S2/c20-10-16-15(13-11-22-23-12-13)6-7-17(18(16)27-14-4-2-1-3-5-14)29(25,26)24-19-21-8-9-28-19/h1-9,11-12H,(H,21,24)(H,22,23). The van der Waals surface area contributed by atoms with Crippen LogP contribution in [0.5, 0.6) is 11.5 Å². The third-order valence-electron chi connectivity index (χ3n) is 3.95. The number of rotatable bonds is 6. The first-order valence-corrected chi connectivity index (χ1v) is 10.7. The van der Waals surface area contributed by atoms with E-state index in [1.54, 1.807) is 48.1 Å². The molecule has 0 aliphatic rings. The van der Waals surface area contributed by atoms with Crippen molar-refractivity contribution in [2.75, 3.05) is 4.72 Å². The normalized spacial score (nSPS) is 11.0. The summed E-state index contributed by atoms with van der Waals surface area (Å²) >= 11 is 1.15. The van der Waals surface area contributed by atoms with Gasteiger partial charge in [-0.3, -0.25) is 9.82 Å². The van der Waals surface area contributed by atoms with E-state index in [9.17, 15) is 13.7 Å². The molecule has 2 N–H and O–H groups in total. The van der Waals surface area contributed by atoms with E-state index in [-0.39, 0.29) is 21.3 Å². The Kier molecular flexibility index (Phi) is 4.99. The summed E-state index contributed by atoms with van der Waals surface area (Å²) in [6.07, 6.45) is 4.65. The minimum Gasteiger partial charge on any atom is -0.455 e. The molecule has 0 fully saturated rings. The summed E-state index contributed by atoms with van der Waals surface area (Å²) in [5, 5.41) is 18.3. The lowest BCUT2D eigenvalue weighted by molar-refractivity contribution is 0.466. The van der Waals surface area contributed by atoms with Crippen molar-refractivity contribution in [1.29, 1.82) is 5.26 Å². The third kappa shape index (κ3) is 3.82. The molecule has 0 bridgehead atoms. The minimum absolute atomic E-state index is 0.0681. The molecule has 0 radical (unpaired) electrons. The van der Waals surface area contributed by atoms with Gasteiger partial charge in [-0.25, -0.2) is 13.4 Å². The monoisotopic (exact) mass is 423 g/mol. The highest BCUT2D eigenvalue weighted by Gasteiger charge is 2.26. The number of sulfonamides is 1. The van der Waals surface area contributed by atoms with Crippen molar-refractivity contribution in [2.24, 2.45) is 0 Å². The maximum atomic E-state index is 13.0. The maximum Gasteiger partial charge on any atom is 0.267 e. The smallest absolute Gasteiger partial charge is 0.267 e. The summed E-state index contributed by atoms with van der Waals surface area (Å²) in [7, 11) is -4.05. The number of thiazole rings is 1. The molecule has 144 valence electrons. The molecule has 0 aliphatic heterocycles. The predicted molar refractivity (Wildman–Crippen MR) is 108 cm³/mol. The van der Waals surface area contributed by atoms with E-state index < -0.39 is 10.0 Å².